The first kappa shape index (κ1) is 24.0. The summed E-state index contributed by atoms with van der Waals surface area (Å²) in [5.41, 5.74) is 0.339. The molecule has 0 spiro atoms. The minimum Gasteiger partial charge on any atom is -0.466 e. The van der Waals surface area contributed by atoms with E-state index in [2.05, 4.69) is 11.3 Å². The monoisotopic (exact) mass is 378 g/mol. The van der Waals surface area contributed by atoms with Crippen molar-refractivity contribution in [1.29, 1.82) is 0 Å². The Bertz CT molecular complexity index is 488. The summed E-state index contributed by atoms with van der Waals surface area (Å²) in [5, 5.41) is 0. The third-order valence-electron chi connectivity index (χ3n) is 3.06. The van der Waals surface area contributed by atoms with Crippen molar-refractivity contribution in [2.24, 2.45) is 0 Å². The summed E-state index contributed by atoms with van der Waals surface area (Å²) in [5.74, 6) is -6.03. The number of halogens is 2. The molecule has 0 unspecified atom stereocenters. The third kappa shape index (κ3) is 13.3. The van der Waals surface area contributed by atoms with Gasteiger partial charge >= 0.3 is 17.9 Å². The number of alkyl halides is 2. The Morgan fingerprint density at radius 3 is 1.92 bits per heavy atom. The lowest BCUT2D eigenvalue weighted by Gasteiger charge is -2.16. The molecule has 0 aliphatic carbocycles. The van der Waals surface area contributed by atoms with Crippen LogP contribution in [0.5, 0.6) is 0 Å². The first-order valence-electron chi connectivity index (χ1n) is 8.59. The predicted octanol–water partition coefficient (Wildman–Crippen LogP) is 3.58. The Hall–Kier alpha value is -1.99. The van der Waals surface area contributed by atoms with E-state index in [1.54, 1.807) is 20.8 Å². The summed E-state index contributed by atoms with van der Waals surface area (Å²) in [4.78, 5) is 33.8. The van der Waals surface area contributed by atoms with Crippen LogP contribution in [0.1, 0.15) is 59.3 Å². The summed E-state index contributed by atoms with van der Waals surface area (Å²) < 4.78 is 41.4. The average Bonchev–Trinajstić information content (AvgIpc) is 2.47. The van der Waals surface area contributed by atoms with E-state index in [1.807, 2.05) is 0 Å². The lowest BCUT2D eigenvalue weighted by Crippen LogP contribution is -2.28. The Labute approximate surface area is 152 Å². The summed E-state index contributed by atoms with van der Waals surface area (Å²) in [6.45, 7) is 8.43. The molecule has 0 radical (unpaired) electrons. The number of hydrogen-bond donors (Lipinski definition) is 0. The number of carbonyl (C=O) groups excluding carboxylic acids is 3. The lowest BCUT2D eigenvalue weighted by atomic mass is 10.1. The maximum absolute atomic E-state index is 13.6. The van der Waals surface area contributed by atoms with Gasteiger partial charge in [0.2, 0.25) is 0 Å². The molecule has 0 aliphatic rings. The van der Waals surface area contributed by atoms with Crippen LogP contribution in [0.15, 0.2) is 12.2 Å². The highest BCUT2D eigenvalue weighted by atomic mass is 19.3. The molecular formula is C18H28F2O6. The second kappa shape index (κ2) is 12.4. The van der Waals surface area contributed by atoms with E-state index in [0.29, 0.717) is 24.8 Å². The predicted molar refractivity (Wildman–Crippen MR) is 90.6 cm³/mol. The Morgan fingerprint density at radius 1 is 0.923 bits per heavy atom. The SMILES string of the molecule is C=C(C)C(=O)OCCCCCCOC(=O)CC(F)(F)CC(=O)OC(C)C. The molecule has 26 heavy (non-hydrogen) atoms. The standard InChI is InChI=1S/C18H28F2O6/c1-13(2)17(23)25-10-8-6-5-7-9-24-15(21)11-18(19,20)12-16(22)26-14(3)4/h14H,1,5-12H2,2-4H3. The van der Waals surface area contributed by atoms with Gasteiger partial charge in [0.05, 0.1) is 19.3 Å². The normalized spacial score (nSPS) is 11.2. The highest BCUT2D eigenvalue weighted by molar-refractivity contribution is 5.86. The molecule has 6 nitrogen and oxygen atoms in total. The van der Waals surface area contributed by atoms with Crippen molar-refractivity contribution in [3.63, 3.8) is 0 Å². The van der Waals surface area contributed by atoms with E-state index < -0.39 is 42.8 Å². The van der Waals surface area contributed by atoms with E-state index in [0.717, 1.165) is 6.42 Å². The van der Waals surface area contributed by atoms with Crippen LogP contribution in [0.25, 0.3) is 0 Å². The van der Waals surface area contributed by atoms with Gasteiger partial charge in [-0.25, -0.2) is 13.6 Å². The highest BCUT2D eigenvalue weighted by Crippen LogP contribution is 2.24. The van der Waals surface area contributed by atoms with Gasteiger partial charge in [0, 0.05) is 5.57 Å². The van der Waals surface area contributed by atoms with Crippen LogP contribution in [-0.4, -0.2) is 43.1 Å². The smallest absolute Gasteiger partial charge is 0.333 e. The molecule has 0 fully saturated rings. The molecule has 0 amide bonds. The minimum absolute atomic E-state index is 0.0247. The molecule has 0 aromatic rings. The molecule has 0 aromatic carbocycles. The highest BCUT2D eigenvalue weighted by Gasteiger charge is 2.36. The van der Waals surface area contributed by atoms with E-state index >= 15 is 0 Å². The van der Waals surface area contributed by atoms with Crippen LogP contribution in [0.4, 0.5) is 8.78 Å². The Kier molecular flexibility index (Phi) is 11.4. The third-order valence-corrected chi connectivity index (χ3v) is 3.06. The molecule has 0 saturated carbocycles. The molecule has 0 rings (SSSR count). The molecule has 0 aromatic heterocycles. The van der Waals surface area contributed by atoms with Crippen LogP contribution < -0.4 is 0 Å². The van der Waals surface area contributed by atoms with Crippen molar-refractivity contribution in [3.05, 3.63) is 12.2 Å². The van der Waals surface area contributed by atoms with Gasteiger partial charge in [0.1, 0.15) is 12.8 Å². The first-order chi connectivity index (χ1) is 12.0. The fraction of sp³-hybridized carbons (Fsp3) is 0.722. The van der Waals surface area contributed by atoms with Crippen molar-refractivity contribution < 1.29 is 37.4 Å². The second-order valence-corrected chi connectivity index (χ2v) is 6.30. The van der Waals surface area contributed by atoms with Crippen LogP contribution in [0, 0.1) is 0 Å². The molecular weight excluding hydrogens is 350 g/mol. The molecule has 8 heteroatoms. The van der Waals surface area contributed by atoms with Crippen molar-refractivity contribution in [2.75, 3.05) is 13.2 Å². The second-order valence-electron chi connectivity index (χ2n) is 6.30. The fourth-order valence-corrected chi connectivity index (χ4v) is 1.87. The number of unbranched alkanes of at least 4 members (excludes halogenated alkanes) is 3. The zero-order chi connectivity index (χ0) is 20.2. The van der Waals surface area contributed by atoms with Crippen molar-refractivity contribution in [3.8, 4) is 0 Å². The quantitative estimate of drug-likeness (QED) is 0.211. The first-order valence-corrected chi connectivity index (χ1v) is 8.59. The number of esters is 3. The minimum atomic E-state index is -3.49. The lowest BCUT2D eigenvalue weighted by molar-refractivity contribution is -0.161. The fourth-order valence-electron chi connectivity index (χ4n) is 1.87. The Morgan fingerprint density at radius 2 is 1.42 bits per heavy atom. The molecule has 0 saturated heterocycles. The van der Waals surface area contributed by atoms with Crippen LogP contribution in [-0.2, 0) is 28.6 Å². The topological polar surface area (TPSA) is 78.9 Å². The van der Waals surface area contributed by atoms with Gasteiger partial charge < -0.3 is 14.2 Å². The molecule has 0 heterocycles. The molecule has 0 N–H and O–H groups in total. The van der Waals surface area contributed by atoms with Gasteiger partial charge in [-0.2, -0.15) is 0 Å². The van der Waals surface area contributed by atoms with Crippen LogP contribution in [0.2, 0.25) is 0 Å². The number of ether oxygens (including phenoxy) is 3. The van der Waals surface area contributed by atoms with E-state index in [9.17, 15) is 23.2 Å². The van der Waals surface area contributed by atoms with Crippen LogP contribution >= 0.6 is 0 Å². The van der Waals surface area contributed by atoms with Crippen LogP contribution in [0.3, 0.4) is 0 Å². The zero-order valence-corrected chi connectivity index (χ0v) is 15.6. The molecule has 150 valence electrons. The van der Waals surface area contributed by atoms with Gasteiger partial charge in [0.15, 0.2) is 0 Å². The molecule has 0 bridgehead atoms. The van der Waals surface area contributed by atoms with Gasteiger partial charge in [-0.1, -0.05) is 6.58 Å². The number of carbonyl (C=O) groups is 3. The zero-order valence-electron chi connectivity index (χ0n) is 15.6. The van der Waals surface area contributed by atoms with E-state index in [-0.39, 0.29) is 13.2 Å². The summed E-state index contributed by atoms with van der Waals surface area (Å²) in [6.07, 6.45) is -0.174. The number of rotatable bonds is 13. The van der Waals surface area contributed by atoms with Gasteiger partial charge in [-0.15, -0.1) is 0 Å². The van der Waals surface area contributed by atoms with Gasteiger partial charge in [-0.05, 0) is 46.5 Å². The Balaban J connectivity index is 3.77. The number of hydrogen-bond acceptors (Lipinski definition) is 6. The van der Waals surface area contributed by atoms with Gasteiger partial charge in [0.25, 0.3) is 5.92 Å². The van der Waals surface area contributed by atoms with E-state index in [4.69, 9.17) is 9.47 Å². The van der Waals surface area contributed by atoms with Crippen molar-refractivity contribution >= 4 is 17.9 Å². The average molecular weight is 378 g/mol. The summed E-state index contributed by atoms with van der Waals surface area (Å²) in [6, 6.07) is 0. The maximum atomic E-state index is 13.6. The molecule has 0 aliphatic heterocycles. The maximum Gasteiger partial charge on any atom is 0.333 e. The van der Waals surface area contributed by atoms with E-state index in [1.165, 1.54) is 0 Å². The largest absolute Gasteiger partial charge is 0.466 e. The summed E-state index contributed by atoms with van der Waals surface area (Å²) >= 11 is 0. The van der Waals surface area contributed by atoms with Crippen molar-refractivity contribution in [1.82, 2.24) is 0 Å². The molecule has 0 atom stereocenters. The van der Waals surface area contributed by atoms with Gasteiger partial charge in [-0.3, -0.25) is 9.59 Å². The van der Waals surface area contributed by atoms with Crippen molar-refractivity contribution in [2.45, 2.75) is 71.3 Å². The summed E-state index contributed by atoms with van der Waals surface area (Å²) in [7, 11) is 0.